The minimum atomic E-state index is -2.13. The van der Waals surface area contributed by atoms with E-state index >= 15 is 0 Å². The Morgan fingerprint density at radius 1 is 0.696 bits per heavy atom. The second kappa shape index (κ2) is 7.27. The summed E-state index contributed by atoms with van der Waals surface area (Å²) >= 11 is 7.32. The van der Waals surface area contributed by atoms with E-state index in [9.17, 15) is 0 Å². The van der Waals surface area contributed by atoms with Gasteiger partial charge in [-0.25, -0.2) is 0 Å². The highest BCUT2D eigenvalue weighted by Gasteiger charge is 2.44. The largest absolute Gasteiger partial charge is 0.380 e. The van der Waals surface area contributed by atoms with Gasteiger partial charge in [-0.15, -0.1) is 0 Å². The average molecular weight is 342 g/mol. The number of ether oxygens (including phenoxy) is 1. The highest BCUT2D eigenvalue weighted by Crippen LogP contribution is 2.60. The zero-order valence-corrected chi connectivity index (χ0v) is 14.7. The van der Waals surface area contributed by atoms with E-state index in [1.807, 2.05) is 12.1 Å². The zero-order chi connectivity index (χ0) is 16.1. The first kappa shape index (κ1) is 16.2. The van der Waals surface area contributed by atoms with Gasteiger partial charge in [0.25, 0.3) is 0 Å². The number of hydrogen-bond donors (Lipinski definition) is 0. The van der Waals surface area contributed by atoms with Crippen molar-refractivity contribution in [3.8, 4) is 0 Å². The van der Waals surface area contributed by atoms with Crippen molar-refractivity contribution >= 4 is 33.8 Å². The first-order valence-electron chi connectivity index (χ1n) is 7.53. The normalized spacial score (nSPS) is 11.4. The fourth-order valence-electron chi connectivity index (χ4n) is 2.68. The number of halogens is 1. The Morgan fingerprint density at radius 2 is 1.13 bits per heavy atom. The second-order valence-electron chi connectivity index (χ2n) is 5.36. The van der Waals surface area contributed by atoms with E-state index in [0.29, 0.717) is 6.61 Å². The number of hydrogen-bond acceptors (Lipinski definition) is 1. The van der Waals surface area contributed by atoms with Crippen LogP contribution < -0.4 is 15.9 Å². The molecule has 0 saturated carbocycles. The van der Waals surface area contributed by atoms with E-state index in [2.05, 4.69) is 72.8 Å². The lowest BCUT2D eigenvalue weighted by Crippen LogP contribution is -2.27. The Bertz CT molecular complexity index is 702. The number of rotatable bonds is 5. The summed E-state index contributed by atoms with van der Waals surface area (Å²) in [7, 11) is 1.71. The van der Waals surface area contributed by atoms with Gasteiger partial charge in [0.15, 0.2) is 0 Å². The quantitative estimate of drug-likeness (QED) is 0.629. The molecule has 3 heteroatoms. The smallest absolute Gasteiger partial charge is 0.210 e. The van der Waals surface area contributed by atoms with Crippen LogP contribution in [0.25, 0.3) is 0 Å². The van der Waals surface area contributed by atoms with Gasteiger partial charge in [0.05, 0.1) is 6.61 Å². The molecule has 0 N–H and O–H groups in total. The molecule has 0 saturated heterocycles. The van der Waals surface area contributed by atoms with Gasteiger partial charge in [-0.1, -0.05) is 48.5 Å². The number of benzene rings is 3. The van der Waals surface area contributed by atoms with Crippen LogP contribution in [0.4, 0.5) is 0 Å². The average Bonchev–Trinajstić information content (AvgIpc) is 2.63. The minimum absolute atomic E-state index is 0.616. The Morgan fingerprint density at radius 3 is 1.57 bits per heavy atom. The van der Waals surface area contributed by atoms with Gasteiger partial charge in [0.2, 0.25) is 6.62 Å². The standard InChI is InChI=1S/C20H19ClOP/c1-22-16-17-12-14-20(15-13-17)23(21,18-8-4-2-5-9-18)19-10-6-3-7-11-19/h2-15H,16H2,1H3/q+1. The van der Waals surface area contributed by atoms with Crippen LogP contribution in [0.3, 0.4) is 0 Å². The van der Waals surface area contributed by atoms with E-state index < -0.39 is 6.62 Å². The second-order valence-corrected chi connectivity index (χ2v) is 9.61. The summed E-state index contributed by atoms with van der Waals surface area (Å²) in [4.78, 5) is 0. The molecule has 0 radical (unpaired) electrons. The van der Waals surface area contributed by atoms with E-state index in [4.69, 9.17) is 16.0 Å². The molecule has 23 heavy (non-hydrogen) atoms. The molecule has 0 aliphatic rings. The summed E-state index contributed by atoms with van der Waals surface area (Å²) in [5.41, 5.74) is 1.15. The SMILES string of the molecule is COCc1ccc([P+](Cl)(c2ccccc2)c2ccccc2)cc1. The molecule has 0 atom stereocenters. The maximum atomic E-state index is 7.32. The maximum absolute atomic E-state index is 7.32. The van der Waals surface area contributed by atoms with Crippen molar-refractivity contribution in [1.29, 1.82) is 0 Å². The Labute approximate surface area is 143 Å². The molecule has 0 bridgehead atoms. The molecule has 0 aliphatic carbocycles. The van der Waals surface area contributed by atoms with Crippen molar-refractivity contribution in [2.45, 2.75) is 6.61 Å². The third kappa shape index (κ3) is 3.33. The van der Waals surface area contributed by atoms with E-state index in [1.165, 1.54) is 10.6 Å². The van der Waals surface area contributed by atoms with Crippen LogP contribution in [-0.2, 0) is 11.3 Å². The molecule has 3 rings (SSSR count). The zero-order valence-electron chi connectivity index (χ0n) is 13.0. The molecule has 1 nitrogen and oxygen atoms in total. The predicted molar refractivity (Wildman–Crippen MR) is 102 cm³/mol. The third-order valence-corrected chi connectivity index (χ3v) is 8.61. The molecule has 116 valence electrons. The van der Waals surface area contributed by atoms with Crippen molar-refractivity contribution in [1.82, 2.24) is 0 Å². The third-order valence-electron chi connectivity index (χ3n) is 3.83. The molecule has 0 unspecified atom stereocenters. The van der Waals surface area contributed by atoms with Crippen molar-refractivity contribution in [2.24, 2.45) is 0 Å². The van der Waals surface area contributed by atoms with Gasteiger partial charge in [-0.2, -0.15) is 0 Å². The van der Waals surface area contributed by atoms with Crippen molar-refractivity contribution in [3.05, 3.63) is 90.5 Å². The summed E-state index contributed by atoms with van der Waals surface area (Å²) in [6.45, 7) is -1.52. The monoisotopic (exact) mass is 341 g/mol. The van der Waals surface area contributed by atoms with Gasteiger partial charge in [-0.3, -0.25) is 0 Å². The van der Waals surface area contributed by atoms with Crippen LogP contribution >= 0.6 is 17.9 Å². The lowest BCUT2D eigenvalue weighted by atomic mass is 10.2. The fourth-order valence-corrected chi connectivity index (χ4v) is 6.31. The molecular formula is C20H19ClOP+. The molecular weight excluding hydrogens is 323 g/mol. The summed E-state index contributed by atoms with van der Waals surface area (Å²) < 4.78 is 5.20. The lowest BCUT2D eigenvalue weighted by molar-refractivity contribution is 0.185. The lowest BCUT2D eigenvalue weighted by Gasteiger charge is -2.19. The van der Waals surface area contributed by atoms with Gasteiger partial charge in [0.1, 0.15) is 27.2 Å². The molecule has 0 heterocycles. The Kier molecular flexibility index (Phi) is 5.13. The van der Waals surface area contributed by atoms with Crippen LogP contribution in [0.5, 0.6) is 0 Å². The van der Waals surface area contributed by atoms with Crippen LogP contribution in [0, 0.1) is 0 Å². The van der Waals surface area contributed by atoms with Crippen LogP contribution in [0.2, 0.25) is 0 Å². The van der Waals surface area contributed by atoms with Crippen LogP contribution in [0.1, 0.15) is 5.56 Å². The van der Waals surface area contributed by atoms with E-state index in [-0.39, 0.29) is 0 Å². The first-order chi connectivity index (χ1) is 11.2. The minimum Gasteiger partial charge on any atom is -0.380 e. The van der Waals surface area contributed by atoms with Crippen molar-refractivity contribution < 1.29 is 4.74 Å². The number of methoxy groups -OCH3 is 1. The Balaban J connectivity index is 2.13. The summed E-state index contributed by atoms with van der Waals surface area (Å²) in [5, 5.41) is 3.51. The van der Waals surface area contributed by atoms with E-state index in [1.54, 1.807) is 7.11 Å². The molecule has 0 aliphatic heterocycles. The molecule has 0 amide bonds. The highest BCUT2D eigenvalue weighted by molar-refractivity contribution is 8.14. The molecule has 0 aromatic heterocycles. The summed E-state index contributed by atoms with van der Waals surface area (Å²) in [6.07, 6.45) is 0. The maximum Gasteiger partial charge on any atom is 0.210 e. The summed E-state index contributed by atoms with van der Waals surface area (Å²) in [6, 6.07) is 29.2. The fraction of sp³-hybridized carbons (Fsp3) is 0.100. The molecule has 3 aromatic carbocycles. The van der Waals surface area contributed by atoms with Gasteiger partial charge in [-0.05, 0) is 42.0 Å². The van der Waals surface area contributed by atoms with Crippen molar-refractivity contribution in [2.75, 3.05) is 7.11 Å². The van der Waals surface area contributed by atoms with Crippen molar-refractivity contribution in [3.63, 3.8) is 0 Å². The first-order valence-corrected chi connectivity index (χ1v) is 10.2. The summed E-state index contributed by atoms with van der Waals surface area (Å²) in [5.74, 6) is 0. The molecule has 0 fully saturated rings. The molecule has 0 spiro atoms. The van der Waals surface area contributed by atoms with E-state index in [0.717, 1.165) is 10.9 Å². The highest BCUT2D eigenvalue weighted by atomic mass is 35.7. The van der Waals surface area contributed by atoms with Crippen LogP contribution in [-0.4, -0.2) is 7.11 Å². The topological polar surface area (TPSA) is 9.23 Å². The Hall–Kier alpha value is -1.66. The van der Waals surface area contributed by atoms with Gasteiger partial charge in [0, 0.05) is 7.11 Å². The van der Waals surface area contributed by atoms with Gasteiger partial charge >= 0.3 is 0 Å². The molecule has 3 aromatic rings. The predicted octanol–water partition coefficient (Wildman–Crippen LogP) is 4.28. The van der Waals surface area contributed by atoms with Gasteiger partial charge < -0.3 is 4.74 Å². The van der Waals surface area contributed by atoms with Crippen LogP contribution in [0.15, 0.2) is 84.9 Å².